The van der Waals surface area contributed by atoms with Crippen LogP contribution in [0.1, 0.15) is 5.56 Å². The summed E-state index contributed by atoms with van der Waals surface area (Å²) in [4.78, 5) is 17.0. The van der Waals surface area contributed by atoms with E-state index in [0.717, 1.165) is 0 Å². The summed E-state index contributed by atoms with van der Waals surface area (Å²) in [6.07, 6.45) is 3.05. The first-order valence-corrected chi connectivity index (χ1v) is 4.04. The fraction of sp³-hybridized carbons (Fsp3) is 0.167. The molecule has 56 valence electrons. The number of nitrogens with zero attached hydrogens (tertiary/aromatic N) is 2. The summed E-state index contributed by atoms with van der Waals surface area (Å²) in [7, 11) is 0. The fourth-order valence-corrected chi connectivity index (χ4v) is 1.14. The quantitative estimate of drug-likeness (QED) is 0.484. The van der Waals surface area contributed by atoms with E-state index in [1.807, 2.05) is 0 Å². The van der Waals surface area contributed by atoms with Crippen molar-refractivity contribution in [3.8, 4) is 6.07 Å². The molecule has 5 heteroatoms. The van der Waals surface area contributed by atoms with Crippen molar-refractivity contribution in [2.24, 2.45) is 0 Å². The van der Waals surface area contributed by atoms with Gasteiger partial charge in [-0.25, -0.2) is 4.98 Å². The molecular formula is C6H5N3OS. The lowest BCUT2D eigenvalue weighted by atomic mass is 10.4. The van der Waals surface area contributed by atoms with Gasteiger partial charge in [0.25, 0.3) is 5.56 Å². The van der Waals surface area contributed by atoms with Gasteiger partial charge in [-0.3, -0.25) is 4.79 Å². The van der Waals surface area contributed by atoms with E-state index in [4.69, 9.17) is 5.26 Å². The Morgan fingerprint density at radius 1 is 1.82 bits per heavy atom. The van der Waals surface area contributed by atoms with Crippen LogP contribution in [0.25, 0.3) is 0 Å². The zero-order valence-electron chi connectivity index (χ0n) is 5.79. The van der Waals surface area contributed by atoms with E-state index in [9.17, 15) is 4.79 Å². The predicted molar refractivity (Wildman–Crippen MR) is 41.4 cm³/mol. The van der Waals surface area contributed by atoms with Crippen molar-refractivity contribution in [1.29, 1.82) is 5.26 Å². The number of nitriles is 1. The summed E-state index contributed by atoms with van der Waals surface area (Å²) < 4.78 is 0. The van der Waals surface area contributed by atoms with Crippen LogP contribution < -0.4 is 5.56 Å². The standard InChI is InChI=1S/C6H5N3OS/c1-11-6-4(2-7)5(10)8-3-9-6/h3H,1H3,(H,8,9,10). The molecule has 11 heavy (non-hydrogen) atoms. The summed E-state index contributed by atoms with van der Waals surface area (Å²) in [6.45, 7) is 0. The molecule has 1 aromatic heterocycles. The van der Waals surface area contributed by atoms with E-state index in [1.165, 1.54) is 18.1 Å². The molecule has 0 aliphatic rings. The third-order valence-corrected chi connectivity index (χ3v) is 1.82. The van der Waals surface area contributed by atoms with Crippen LogP contribution >= 0.6 is 11.8 Å². The first-order valence-electron chi connectivity index (χ1n) is 2.81. The van der Waals surface area contributed by atoms with E-state index in [1.54, 1.807) is 12.3 Å². The van der Waals surface area contributed by atoms with Gasteiger partial charge in [-0.05, 0) is 6.26 Å². The van der Waals surface area contributed by atoms with Crippen molar-refractivity contribution in [2.75, 3.05) is 6.26 Å². The van der Waals surface area contributed by atoms with E-state index < -0.39 is 0 Å². The van der Waals surface area contributed by atoms with Crippen molar-refractivity contribution < 1.29 is 0 Å². The zero-order chi connectivity index (χ0) is 8.27. The first kappa shape index (κ1) is 7.82. The van der Waals surface area contributed by atoms with Gasteiger partial charge in [0, 0.05) is 0 Å². The van der Waals surface area contributed by atoms with Gasteiger partial charge >= 0.3 is 0 Å². The maximum absolute atomic E-state index is 10.9. The zero-order valence-corrected chi connectivity index (χ0v) is 6.60. The van der Waals surface area contributed by atoms with Crippen molar-refractivity contribution in [1.82, 2.24) is 9.97 Å². The van der Waals surface area contributed by atoms with Crippen LogP contribution in [0.15, 0.2) is 16.1 Å². The Morgan fingerprint density at radius 2 is 2.55 bits per heavy atom. The average Bonchev–Trinajstić information content (AvgIpc) is 2.04. The van der Waals surface area contributed by atoms with Crippen LogP contribution in [-0.4, -0.2) is 16.2 Å². The SMILES string of the molecule is CSc1nc[nH]c(=O)c1C#N. The second-order valence-corrected chi connectivity index (χ2v) is 2.52. The number of aromatic amines is 1. The van der Waals surface area contributed by atoms with E-state index in [-0.39, 0.29) is 11.1 Å². The molecule has 0 radical (unpaired) electrons. The third-order valence-electron chi connectivity index (χ3n) is 1.12. The van der Waals surface area contributed by atoms with E-state index in [0.29, 0.717) is 5.03 Å². The van der Waals surface area contributed by atoms with Crippen LogP contribution in [0.5, 0.6) is 0 Å². The van der Waals surface area contributed by atoms with Gasteiger partial charge in [0.2, 0.25) is 0 Å². The van der Waals surface area contributed by atoms with Gasteiger partial charge in [0.1, 0.15) is 16.7 Å². The molecule has 0 aliphatic heterocycles. The molecule has 0 fully saturated rings. The molecular weight excluding hydrogens is 162 g/mol. The van der Waals surface area contributed by atoms with Crippen molar-refractivity contribution in [2.45, 2.75) is 5.03 Å². The maximum Gasteiger partial charge on any atom is 0.269 e. The van der Waals surface area contributed by atoms with Gasteiger partial charge in [-0.15, -0.1) is 11.8 Å². The highest BCUT2D eigenvalue weighted by atomic mass is 32.2. The topological polar surface area (TPSA) is 69.5 Å². The number of hydrogen-bond donors (Lipinski definition) is 1. The van der Waals surface area contributed by atoms with Crippen LogP contribution in [0.3, 0.4) is 0 Å². The molecule has 0 saturated heterocycles. The first-order chi connectivity index (χ1) is 5.29. The number of aromatic nitrogens is 2. The summed E-state index contributed by atoms with van der Waals surface area (Å²) in [5.74, 6) is 0. The molecule has 0 aliphatic carbocycles. The maximum atomic E-state index is 10.9. The molecule has 1 N–H and O–H groups in total. The van der Waals surface area contributed by atoms with Crippen LogP contribution in [0.4, 0.5) is 0 Å². The molecule has 1 aromatic rings. The number of hydrogen-bond acceptors (Lipinski definition) is 4. The number of thioether (sulfide) groups is 1. The Labute approximate surface area is 67.3 Å². The molecule has 4 nitrogen and oxygen atoms in total. The fourth-order valence-electron chi connectivity index (χ4n) is 0.637. The smallest absolute Gasteiger partial charge is 0.269 e. The molecule has 1 heterocycles. The minimum atomic E-state index is -0.383. The molecule has 0 spiro atoms. The predicted octanol–water partition coefficient (Wildman–Crippen LogP) is 0.363. The number of nitrogens with one attached hydrogen (secondary N) is 1. The Kier molecular flexibility index (Phi) is 2.28. The second kappa shape index (κ2) is 3.21. The molecule has 1 rings (SSSR count). The van der Waals surface area contributed by atoms with Gasteiger partial charge in [0.05, 0.1) is 6.33 Å². The van der Waals surface area contributed by atoms with Gasteiger partial charge in [-0.2, -0.15) is 5.26 Å². The minimum absolute atomic E-state index is 0.0833. The monoisotopic (exact) mass is 167 g/mol. The van der Waals surface area contributed by atoms with E-state index >= 15 is 0 Å². The average molecular weight is 167 g/mol. The van der Waals surface area contributed by atoms with Crippen LogP contribution in [-0.2, 0) is 0 Å². The van der Waals surface area contributed by atoms with Gasteiger partial charge < -0.3 is 4.98 Å². The van der Waals surface area contributed by atoms with Gasteiger partial charge in [0.15, 0.2) is 0 Å². The van der Waals surface area contributed by atoms with Gasteiger partial charge in [-0.1, -0.05) is 0 Å². The molecule has 0 saturated carbocycles. The highest BCUT2D eigenvalue weighted by Gasteiger charge is 2.04. The largest absolute Gasteiger partial charge is 0.312 e. The number of H-pyrrole nitrogens is 1. The minimum Gasteiger partial charge on any atom is -0.312 e. The van der Waals surface area contributed by atoms with Crippen LogP contribution in [0, 0.1) is 11.3 Å². The van der Waals surface area contributed by atoms with Crippen molar-refractivity contribution in [3.63, 3.8) is 0 Å². The third kappa shape index (κ3) is 1.41. The number of rotatable bonds is 1. The summed E-state index contributed by atoms with van der Waals surface area (Å²) in [6, 6.07) is 1.79. The highest BCUT2D eigenvalue weighted by Crippen LogP contribution is 2.11. The Bertz CT molecular complexity index is 352. The van der Waals surface area contributed by atoms with Crippen molar-refractivity contribution >= 4 is 11.8 Å². The second-order valence-electron chi connectivity index (χ2n) is 1.73. The normalized spacial score (nSPS) is 9.09. The Balaban J connectivity index is 3.40. The summed E-state index contributed by atoms with van der Waals surface area (Å²) >= 11 is 1.28. The molecule has 0 aromatic carbocycles. The highest BCUT2D eigenvalue weighted by molar-refractivity contribution is 7.98. The van der Waals surface area contributed by atoms with Crippen molar-refractivity contribution in [3.05, 3.63) is 22.2 Å². The summed E-state index contributed by atoms with van der Waals surface area (Å²) in [5, 5.41) is 8.98. The van der Waals surface area contributed by atoms with Crippen LogP contribution in [0.2, 0.25) is 0 Å². The molecule has 0 atom stereocenters. The molecule has 0 amide bonds. The molecule has 0 unspecified atom stereocenters. The lowest BCUT2D eigenvalue weighted by Gasteiger charge is -1.93. The van der Waals surface area contributed by atoms with E-state index in [2.05, 4.69) is 9.97 Å². The Morgan fingerprint density at radius 3 is 3.00 bits per heavy atom. The lowest BCUT2D eigenvalue weighted by Crippen LogP contribution is -2.11. The molecule has 0 bridgehead atoms. The Hall–Kier alpha value is -1.28. The summed E-state index contributed by atoms with van der Waals surface area (Å²) in [5.41, 5.74) is -0.299. The lowest BCUT2D eigenvalue weighted by molar-refractivity contribution is 0.997.